The highest BCUT2D eigenvalue weighted by Crippen LogP contribution is 2.38. The van der Waals surface area contributed by atoms with Crippen LogP contribution in [0.1, 0.15) is 94.3 Å². The van der Waals surface area contributed by atoms with Gasteiger partial charge in [-0.1, -0.05) is 95.6 Å². The number of unbranched alkanes of at least 4 members (excludes halogenated alkanes) is 1. The summed E-state index contributed by atoms with van der Waals surface area (Å²) in [5, 5.41) is 11.2. The number of non-ortho nitro benzene ring substituents is 1. The summed E-state index contributed by atoms with van der Waals surface area (Å²) in [5.74, 6) is 0.665. The van der Waals surface area contributed by atoms with Crippen LogP contribution in [0.5, 0.6) is 5.75 Å². The van der Waals surface area contributed by atoms with Gasteiger partial charge in [-0.25, -0.2) is 0 Å². The lowest BCUT2D eigenvalue weighted by molar-refractivity contribution is -0.384. The Kier molecular flexibility index (Phi) is 11.0. The topological polar surface area (TPSA) is 72.7 Å². The highest BCUT2D eigenvalue weighted by Gasteiger charge is 2.27. The van der Waals surface area contributed by atoms with Gasteiger partial charge in [0.15, 0.2) is 0 Å². The Hall–Kier alpha value is -3.38. The van der Waals surface area contributed by atoms with Crippen LogP contribution in [0.15, 0.2) is 66.7 Å². The van der Waals surface area contributed by atoms with Gasteiger partial charge < -0.3 is 9.64 Å². The lowest BCUT2D eigenvalue weighted by Crippen LogP contribution is -2.32. The molecule has 0 saturated heterocycles. The number of hydrogen-bond acceptors (Lipinski definition) is 4. The first kappa shape index (κ1) is 32.1. The molecule has 1 amide bonds. The lowest BCUT2D eigenvalue weighted by atomic mass is 9.76. The first-order chi connectivity index (χ1) is 19.4. The van der Waals surface area contributed by atoms with Crippen molar-refractivity contribution < 1.29 is 14.5 Å². The van der Waals surface area contributed by atoms with Crippen molar-refractivity contribution in [3.05, 3.63) is 104 Å². The number of rotatable bonds is 14. The number of halogens is 1. The van der Waals surface area contributed by atoms with E-state index >= 15 is 0 Å². The van der Waals surface area contributed by atoms with E-state index < -0.39 is 4.92 Å². The van der Waals surface area contributed by atoms with Crippen LogP contribution in [0.25, 0.3) is 0 Å². The molecule has 0 aliphatic rings. The fraction of sp³-hybridized carbons (Fsp3) is 0.441. The Labute approximate surface area is 249 Å². The molecule has 0 saturated carbocycles. The van der Waals surface area contributed by atoms with Crippen molar-refractivity contribution >= 4 is 23.2 Å². The molecule has 0 N–H and O–H groups in total. The molecule has 220 valence electrons. The van der Waals surface area contributed by atoms with Crippen LogP contribution in [0.3, 0.4) is 0 Å². The van der Waals surface area contributed by atoms with Gasteiger partial charge in [-0.15, -0.1) is 0 Å². The average molecular weight is 579 g/mol. The Morgan fingerprint density at radius 2 is 1.61 bits per heavy atom. The monoisotopic (exact) mass is 578 g/mol. The summed E-state index contributed by atoms with van der Waals surface area (Å²) in [6.45, 7) is 14.9. The second-order valence-electron chi connectivity index (χ2n) is 11.9. The van der Waals surface area contributed by atoms with E-state index in [9.17, 15) is 14.9 Å². The van der Waals surface area contributed by atoms with Gasteiger partial charge in [0.1, 0.15) is 5.75 Å². The van der Waals surface area contributed by atoms with Crippen molar-refractivity contribution in [1.82, 2.24) is 4.90 Å². The molecule has 3 aromatic rings. The molecule has 3 rings (SSSR count). The standard InChI is InChI=1S/C34H43ClN2O4/c1-7-33(3,4)26-16-19-31(29(22-26)34(5,6)8-2)41-21-13-12-20-36(24-25-14-10-9-11-15-25)32(38)28-18-17-27(37(39)40)23-30(28)35/h9-11,14-19,22-23H,7-8,12-13,20-21,24H2,1-6H3. The molecule has 6 nitrogen and oxygen atoms in total. The lowest BCUT2D eigenvalue weighted by Gasteiger charge is -2.30. The molecular formula is C34H43ClN2O4. The third kappa shape index (κ3) is 8.32. The number of nitrogens with zero attached hydrogens (tertiary/aromatic N) is 2. The minimum atomic E-state index is -0.521. The van der Waals surface area contributed by atoms with E-state index in [0.717, 1.165) is 37.0 Å². The Morgan fingerprint density at radius 1 is 0.927 bits per heavy atom. The van der Waals surface area contributed by atoms with Crippen LogP contribution in [-0.4, -0.2) is 28.9 Å². The van der Waals surface area contributed by atoms with Gasteiger partial charge in [0.2, 0.25) is 0 Å². The highest BCUT2D eigenvalue weighted by molar-refractivity contribution is 6.34. The summed E-state index contributed by atoms with van der Waals surface area (Å²) in [4.78, 5) is 25.8. The molecule has 0 aliphatic carbocycles. The second-order valence-corrected chi connectivity index (χ2v) is 12.3. The van der Waals surface area contributed by atoms with Crippen LogP contribution in [0.4, 0.5) is 5.69 Å². The molecule has 0 fully saturated rings. The predicted molar refractivity (Wildman–Crippen MR) is 167 cm³/mol. The number of carbonyl (C=O) groups is 1. The van der Waals surface area contributed by atoms with Crippen LogP contribution >= 0.6 is 11.6 Å². The van der Waals surface area contributed by atoms with E-state index in [2.05, 4.69) is 59.7 Å². The zero-order valence-corrected chi connectivity index (χ0v) is 26.0. The van der Waals surface area contributed by atoms with E-state index in [1.807, 2.05) is 30.3 Å². The normalized spacial score (nSPS) is 11.8. The molecule has 0 aliphatic heterocycles. The summed E-state index contributed by atoms with van der Waals surface area (Å²) < 4.78 is 6.34. The molecule has 7 heteroatoms. The van der Waals surface area contributed by atoms with E-state index in [1.165, 1.54) is 29.3 Å². The summed E-state index contributed by atoms with van der Waals surface area (Å²) in [7, 11) is 0. The van der Waals surface area contributed by atoms with Crippen LogP contribution < -0.4 is 4.74 Å². The Bertz CT molecular complexity index is 1340. The van der Waals surface area contributed by atoms with Crippen molar-refractivity contribution in [3.8, 4) is 5.75 Å². The molecule has 0 heterocycles. The molecule has 0 aromatic heterocycles. The first-order valence-corrected chi connectivity index (χ1v) is 14.8. The molecule has 0 spiro atoms. The zero-order chi connectivity index (χ0) is 30.2. The van der Waals surface area contributed by atoms with E-state index in [4.69, 9.17) is 16.3 Å². The number of carbonyl (C=O) groups excluding carboxylic acids is 1. The maximum atomic E-state index is 13.5. The number of benzene rings is 3. The number of hydrogen-bond donors (Lipinski definition) is 0. The SMILES string of the molecule is CCC(C)(C)c1ccc(OCCCCN(Cc2ccccc2)C(=O)c2ccc([N+](=O)[O-])cc2Cl)c(C(C)(C)CC)c1. The van der Waals surface area contributed by atoms with Gasteiger partial charge in [-0.3, -0.25) is 14.9 Å². The smallest absolute Gasteiger partial charge is 0.270 e. The number of amides is 1. The van der Waals surface area contributed by atoms with Crippen LogP contribution in [-0.2, 0) is 17.4 Å². The summed E-state index contributed by atoms with van der Waals surface area (Å²) in [6.07, 6.45) is 3.56. The average Bonchev–Trinajstić information content (AvgIpc) is 2.96. The molecule has 0 bridgehead atoms. The molecule has 41 heavy (non-hydrogen) atoms. The molecule has 3 aromatic carbocycles. The van der Waals surface area contributed by atoms with Crippen molar-refractivity contribution in [2.75, 3.05) is 13.2 Å². The number of ether oxygens (including phenoxy) is 1. The van der Waals surface area contributed by atoms with Crippen molar-refractivity contribution in [3.63, 3.8) is 0 Å². The zero-order valence-electron chi connectivity index (χ0n) is 25.2. The minimum Gasteiger partial charge on any atom is -0.493 e. The van der Waals surface area contributed by atoms with Crippen molar-refractivity contribution in [2.24, 2.45) is 0 Å². The van der Waals surface area contributed by atoms with Gasteiger partial charge in [0.05, 0.1) is 22.1 Å². The van der Waals surface area contributed by atoms with Gasteiger partial charge in [0.25, 0.3) is 11.6 Å². The fourth-order valence-corrected chi connectivity index (χ4v) is 4.86. The van der Waals surface area contributed by atoms with Crippen molar-refractivity contribution in [2.45, 2.75) is 84.6 Å². The summed E-state index contributed by atoms with van der Waals surface area (Å²) in [5.41, 5.74) is 3.74. The third-order valence-corrected chi connectivity index (χ3v) is 8.55. The third-order valence-electron chi connectivity index (χ3n) is 8.24. The fourth-order valence-electron chi connectivity index (χ4n) is 4.60. The van der Waals surface area contributed by atoms with Gasteiger partial charge in [-0.2, -0.15) is 0 Å². The quantitative estimate of drug-likeness (QED) is 0.109. The van der Waals surface area contributed by atoms with Crippen molar-refractivity contribution in [1.29, 1.82) is 0 Å². The Balaban J connectivity index is 1.71. The Morgan fingerprint density at radius 3 is 2.22 bits per heavy atom. The summed E-state index contributed by atoms with van der Waals surface area (Å²) in [6, 6.07) is 20.3. The number of nitro groups is 1. The summed E-state index contributed by atoms with van der Waals surface area (Å²) >= 11 is 6.31. The predicted octanol–water partition coefficient (Wildman–Crippen LogP) is 9.12. The van der Waals surface area contributed by atoms with Gasteiger partial charge in [0, 0.05) is 30.8 Å². The second kappa shape index (κ2) is 14.0. The number of nitro benzene ring substituents is 1. The molecule has 0 atom stereocenters. The van der Waals surface area contributed by atoms with Gasteiger partial charge in [-0.05, 0) is 59.8 Å². The van der Waals surface area contributed by atoms with E-state index in [-0.39, 0.29) is 33.0 Å². The molecule has 0 radical (unpaired) electrons. The first-order valence-electron chi connectivity index (χ1n) is 14.4. The van der Waals surface area contributed by atoms with Crippen LogP contribution in [0, 0.1) is 10.1 Å². The molecular weight excluding hydrogens is 536 g/mol. The maximum Gasteiger partial charge on any atom is 0.270 e. The van der Waals surface area contributed by atoms with Gasteiger partial charge >= 0.3 is 0 Å². The van der Waals surface area contributed by atoms with E-state index in [0.29, 0.717) is 19.7 Å². The minimum absolute atomic E-state index is 0.0158. The maximum absolute atomic E-state index is 13.5. The van der Waals surface area contributed by atoms with E-state index in [1.54, 1.807) is 4.90 Å². The molecule has 0 unspecified atom stereocenters. The van der Waals surface area contributed by atoms with Crippen LogP contribution in [0.2, 0.25) is 5.02 Å². The highest BCUT2D eigenvalue weighted by atomic mass is 35.5. The largest absolute Gasteiger partial charge is 0.493 e.